The molecule has 0 aliphatic heterocycles. The molecule has 4 heteroatoms. The molecule has 0 heterocycles. The van der Waals surface area contributed by atoms with Gasteiger partial charge >= 0.3 is 0 Å². The Morgan fingerprint density at radius 2 is 1.83 bits per heavy atom. The van der Waals surface area contributed by atoms with E-state index in [1.165, 1.54) is 19.3 Å². The molecule has 2 unspecified atom stereocenters. The standard InChI is InChI=1S/C14H27N3O/c1-14(2,16)8-17-13(18)11-6-9-4-3-5-10(7-11)12(9)15/h9-12H,3-8,15-16H2,1-2H3,(H,17,18). The van der Waals surface area contributed by atoms with Gasteiger partial charge in [0.15, 0.2) is 0 Å². The summed E-state index contributed by atoms with van der Waals surface area (Å²) in [4.78, 5) is 12.2. The Bertz CT molecular complexity index is 297. The van der Waals surface area contributed by atoms with Crippen molar-refractivity contribution < 1.29 is 4.79 Å². The zero-order valence-electron chi connectivity index (χ0n) is 11.6. The van der Waals surface area contributed by atoms with Crippen molar-refractivity contribution in [3.63, 3.8) is 0 Å². The van der Waals surface area contributed by atoms with Gasteiger partial charge < -0.3 is 16.8 Å². The smallest absolute Gasteiger partial charge is 0.223 e. The Morgan fingerprint density at radius 3 is 2.33 bits per heavy atom. The van der Waals surface area contributed by atoms with Crippen LogP contribution in [0.4, 0.5) is 0 Å². The molecule has 2 aliphatic rings. The van der Waals surface area contributed by atoms with Crippen LogP contribution in [0.1, 0.15) is 46.0 Å². The Kier molecular flexibility index (Phi) is 3.97. The Balaban J connectivity index is 1.88. The summed E-state index contributed by atoms with van der Waals surface area (Å²) in [6, 6.07) is 0.328. The predicted molar refractivity (Wildman–Crippen MR) is 72.8 cm³/mol. The number of nitrogens with two attached hydrogens (primary N) is 2. The molecule has 2 atom stereocenters. The van der Waals surface area contributed by atoms with Crippen LogP contribution in [0.3, 0.4) is 0 Å². The molecule has 1 amide bonds. The minimum atomic E-state index is -0.337. The summed E-state index contributed by atoms with van der Waals surface area (Å²) in [5.74, 6) is 1.44. The van der Waals surface area contributed by atoms with Crippen LogP contribution in [0.25, 0.3) is 0 Å². The molecule has 0 spiro atoms. The molecule has 0 aromatic rings. The molecule has 18 heavy (non-hydrogen) atoms. The summed E-state index contributed by atoms with van der Waals surface area (Å²) in [5, 5.41) is 2.99. The lowest BCUT2D eigenvalue weighted by Gasteiger charge is -2.43. The van der Waals surface area contributed by atoms with E-state index in [0.717, 1.165) is 12.8 Å². The van der Waals surface area contributed by atoms with Gasteiger partial charge in [0, 0.05) is 24.0 Å². The van der Waals surface area contributed by atoms with E-state index in [0.29, 0.717) is 24.4 Å². The molecule has 2 bridgehead atoms. The lowest BCUT2D eigenvalue weighted by molar-refractivity contribution is -0.128. The highest BCUT2D eigenvalue weighted by molar-refractivity contribution is 5.78. The number of nitrogens with one attached hydrogen (secondary N) is 1. The second-order valence-corrected chi connectivity index (χ2v) is 6.90. The summed E-state index contributed by atoms with van der Waals surface area (Å²) >= 11 is 0. The van der Waals surface area contributed by atoms with Gasteiger partial charge in [-0.3, -0.25) is 4.79 Å². The number of hydrogen-bond acceptors (Lipinski definition) is 3. The quantitative estimate of drug-likeness (QED) is 0.701. The molecule has 2 saturated carbocycles. The van der Waals surface area contributed by atoms with Gasteiger partial charge in [0.25, 0.3) is 0 Å². The summed E-state index contributed by atoms with van der Waals surface area (Å²) < 4.78 is 0. The van der Waals surface area contributed by atoms with E-state index in [2.05, 4.69) is 5.32 Å². The number of amides is 1. The molecule has 5 N–H and O–H groups in total. The van der Waals surface area contributed by atoms with Crippen molar-refractivity contribution >= 4 is 5.91 Å². The average molecular weight is 253 g/mol. The van der Waals surface area contributed by atoms with Gasteiger partial charge in [0.1, 0.15) is 0 Å². The normalized spacial score (nSPS) is 36.2. The number of fused-ring (bicyclic) bond motifs is 2. The summed E-state index contributed by atoms with van der Waals surface area (Å²) in [6.07, 6.45) is 5.61. The van der Waals surface area contributed by atoms with Crippen LogP contribution in [0.15, 0.2) is 0 Å². The van der Waals surface area contributed by atoms with Gasteiger partial charge in [-0.05, 0) is 51.4 Å². The molecule has 2 rings (SSSR count). The Morgan fingerprint density at radius 1 is 1.28 bits per heavy atom. The van der Waals surface area contributed by atoms with Gasteiger partial charge in [-0.25, -0.2) is 0 Å². The van der Waals surface area contributed by atoms with Crippen LogP contribution in [0.5, 0.6) is 0 Å². The fourth-order valence-corrected chi connectivity index (χ4v) is 3.46. The predicted octanol–water partition coefficient (Wildman–Crippen LogP) is 0.994. The third kappa shape index (κ3) is 3.23. The Hall–Kier alpha value is -0.610. The van der Waals surface area contributed by atoms with E-state index < -0.39 is 0 Å². The molecule has 2 fully saturated rings. The van der Waals surface area contributed by atoms with Crippen molar-refractivity contribution in [1.82, 2.24) is 5.32 Å². The maximum Gasteiger partial charge on any atom is 0.223 e. The summed E-state index contributed by atoms with van der Waals surface area (Å²) in [6.45, 7) is 4.40. The molecular formula is C14H27N3O. The largest absolute Gasteiger partial charge is 0.354 e. The van der Waals surface area contributed by atoms with Gasteiger partial charge in [0.05, 0.1) is 0 Å². The first kappa shape index (κ1) is 13.8. The van der Waals surface area contributed by atoms with Crippen LogP contribution in [-0.2, 0) is 4.79 Å². The van der Waals surface area contributed by atoms with Gasteiger partial charge in [0.2, 0.25) is 5.91 Å². The molecule has 0 aromatic carbocycles. The minimum Gasteiger partial charge on any atom is -0.354 e. The molecular weight excluding hydrogens is 226 g/mol. The van der Waals surface area contributed by atoms with Gasteiger partial charge in [-0.15, -0.1) is 0 Å². The van der Waals surface area contributed by atoms with Crippen molar-refractivity contribution in [2.24, 2.45) is 29.2 Å². The minimum absolute atomic E-state index is 0.155. The number of hydrogen-bond donors (Lipinski definition) is 3. The zero-order valence-corrected chi connectivity index (χ0v) is 11.6. The van der Waals surface area contributed by atoms with E-state index in [1.807, 2.05) is 13.8 Å². The first-order valence-electron chi connectivity index (χ1n) is 7.19. The molecule has 4 nitrogen and oxygen atoms in total. The van der Waals surface area contributed by atoms with Crippen LogP contribution in [0, 0.1) is 17.8 Å². The van der Waals surface area contributed by atoms with Crippen molar-refractivity contribution in [2.45, 2.75) is 57.5 Å². The highest BCUT2D eigenvalue weighted by Gasteiger charge is 2.40. The first-order valence-corrected chi connectivity index (χ1v) is 7.19. The molecule has 2 aliphatic carbocycles. The van der Waals surface area contributed by atoms with E-state index in [1.54, 1.807) is 0 Å². The second kappa shape index (κ2) is 5.17. The fraction of sp³-hybridized carbons (Fsp3) is 0.929. The third-order valence-corrected chi connectivity index (χ3v) is 4.50. The topological polar surface area (TPSA) is 81.1 Å². The molecule has 0 radical (unpaired) electrons. The van der Waals surface area contributed by atoms with E-state index >= 15 is 0 Å². The van der Waals surface area contributed by atoms with Crippen molar-refractivity contribution in [2.75, 3.05) is 6.54 Å². The molecule has 0 saturated heterocycles. The SMILES string of the molecule is CC(C)(N)CNC(=O)C1CC2CCCC(C1)C2N. The fourth-order valence-electron chi connectivity index (χ4n) is 3.46. The maximum atomic E-state index is 12.2. The monoisotopic (exact) mass is 253 g/mol. The Labute approximate surface area is 110 Å². The summed E-state index contributed by atoms with van der Waals surface area (Å²) in [5.41, 5.74) is 11.8. The van der Waals surface area contributed by atoms with Crippen LogP contribution < -0.4 is 16.8 Å². The van der Waals surface area contributed by atoms with Crippen molar-refractivity contribution in [1.29, 1.82) is 0 Å². The van der Waals surface area contributed by atoms with Gasteiger partial charge in [-0.2, -0.15) is 0 Å². The first-order chi connectivity index (χ1) is 8.37. The van der Waals surface area contributed by atoms with Crippen LogP contribution in [-0.4, -0.2) is 24.0 Å². The van der Waals surface area contributed by atoms with Crippen molar-refractivity contribution in [3.05, 3.63) is 0 Å². The van der Waals surface area contributed by atoms with E-state index in [4.69, 9.17) is 11.5 Å². The van der Waals surface area contributed by atoms with Gasteiger partial charge in [-0.1, -0.05) is 6.42 Å². The highest BCUT2D eigenvalue weighted by Crippen LogP contribution is 2.41. The summed E-state index contributed by atoms with van der Waals surface area (Å²) in [7, 11) is 0. The average Bonchev–Trinajstić information content (AvgIpc) is 2.24. The van der Waals surface area contributed by atoms with Crippen LogP contribution >= 0.6 is 0 Å². The molecule has 0 aromatic heterocycles. The van der Waals surface area contributed by atoms with Crippen LogP contribution in [0.2, 0.25) is 0 Å². The maximum absolute atomic E-state index is 12.2. The molecule has 104 valence electrons. The van der Waals surface area contributed by atoms with E-state index in [9.17, 15) is 4.79 Å². The zero-order chi connectivity index (χ0) is 13.3. The van der Waals surface area contributed by atoms with Crippen molar-refractivity contribution in [3.8, 4) is 0 Å². The number of carbonyl (C=O) groups is 1. The number of rotatable bonds is 3. The van der Waals surface area contributed by atoms with E-state index in [-0.39, 0.29) is 17.4 Å². The third-order valence-electron chi connectivity index (χ3n) is 4.50. The lowest BCUT2D eigenvalue weighted by atomic mass is 9.65. The highest BCUT2D eigenvalue weighted by atomic mass is 16.1. The lowest BCUT2D eigenvalue weighted by Crippen LogP contribution is -2.51. The second-order valence-electron chi connectivity index (χ2n) is 6.90. The number of carbonyl (C=O) groups excluding carboxylic acids is 1.